The summed E-state index contributed by atoms with van der Waals surface area (Å²) < 4.78 is 78.2. The molecule has 0 saturated carbocycles. The average Bonchev–Trinajstić information content (AvgIpc) is 2.93. The molecular weight excluding hydrogens is 352 g/mol. The summed E-state index contributed by atoms with van der Waals surface area (Å²) >= 11 is 0. The van der Waals surface area contributed by atoms with Crippen LogP contribution in [0.3, 0.4) is 0 Å². The summed E-state index contributed by atoms with van der Waals surface area (Å²) in [6.07, 6.45) is -7.57. The third-order valence-electron chi connectivity index (χ3n) is 3.24. The number of carbonyl (C=O) groups is 1. The fraction of sp³-hybridized carbons (Fsp3) is 0.267. The molecule has 134 valence electrons. The maximum Gasteiger partial charge on any atom is 0.416 e. The van der Waals surface area contributed by atoms with Crippen molar-refractivity contribution >= 4 is 12.0 Å². The van der Waals surface area contributed by atoms with Gasteiger partial charge in [0.2, 0.25) is 0 Å². The summed E-state index contributed by atoms with van der Waals surface area (Å²) in [4.78, 5) is 14.9. The fourth-order valence-electron chi connectivity index (χ4n) is 1.84. The first-order chi connectivity index (χ1) is 11.4. The van der Waals surface area contributed by atoms with Gasteiger partial charge in [-0.1, -0.05) is 0 Å². The molecule has 2 rings (SSSR count). The number of Topliss-reactive ketones (excluding diaryl/α,β-unsaturated/α-hetero) is 1. The Bertz CT molecular complexity index is 800. The van der Waals surface area contributed by atoms with Crippen molar-refractivity contribution in [1.82, 2.24) is 14.8 Å². The Labute approximate surface area is 137 Å². The molecule has 1 heterocycles. The average molecular weight is 363 g/mol. The molecule has 0 aliphatic rings. The van der Waals surface area contributed by atoms with Gasteiger partial charge in [-0.2, -0.15) is 26.3 Å². The number of alkyl halides is 6. The summed E-state index contributed by atoms with van der Waals surface area (Å²) in [5.41, 5.74) is -3.06. The second kappa shape index (κ2) is 6.34. The molecule has 0 fully saturated rings. The van der Waals surface area contributed by atoms with E-state index in [0.29, 0.717) is 12.1 Å². The zero-order chi connectivity index (χ0) is 19.0. The van der Waals surface area contributed by atoms with Gasteiger partial charge in [-0.25, -0.2) is 9.67 Å². The maximum atomic E-state index is 12.9. The van der Waals surface area contributed by atoms with Crippen LogP contribution in [0.15, 0.2) is 30.1 Å². The summed E-state index contributed by atoms with van der Waals surface area (Å²) in [5.74, 6) is -0.598. The lowest BCUT2D eigenvalue weighted by Gasteiger charge is -2.13. The van der Waals surface area contributed by atoms with E-state index in [1.807, 2.05) is 0 Å². The molecule has 0 unspecified atom stereocenters. The first kappa shape index (κ1) is 18.7. The van der Waals surface area contributed by atoms with Crippen molar-refractivity contribution in [2.75, 3.05) is 0 Å². The second-order valence-corrected chi connectivity index (χ2v) is 5.21. The second-order valence-electron chi connectivity index (χ2n) is 5.21. The Morgan fingerprint density at radius 2 is 1.52 bits per heavy atom. The Morgan fingerprint density at radius 3 is 1.96 bits per heavy atom. The standard InChI is InChI=1S/C15H11F6N3O/c1-8(9(2)25)6-24-7-22-13(23-24)10-3-11(14(16,17)18)5-12(4-10)15(19,20)21/h3-7H,1-2H3/b8-6-. The highest BCUT2D eigenvalue weighted by molar-refractivity contribution is 5.95. The summed E-state index contributed by atoms with van der Waals surface area (Å²) in [5, 5.41) is 3.79. The molecular formula is C15H11F6N3O. The highest BCUT2D eigenvalue weighted by Gasteiger charge is 2.37. The van der Waals surface area contributed by atoms with E-state index in [4.69, 9.17) is 0 Å². The number of ketones is 1. The van der Waals surface area contributed by atoms with Crippen molar-refractivity contribution in [1.29, 1.82) is 0 Å². The molecule has 0 N–H and O–H groups in total. The maximum absolute atomic E-state index is 12.9. The lowest BCUT2D eigenvalue weighted by Crippen LogP contribution is -2.11. The van der Waals surface area contributed by atoms with Crippen LogP contribution in [0, 0.1) is 0 Å². The van der Waals surface area contributed by atoms with Crippen LogP contribution in [-0.2, 0) is 17.1 Å². The molecule has 0 saturated heterocycles. The molecule has 1 aromatic carbocycles. The topological polar surface area (TPSA) is 47.8 Å². The molecule has 0 aliphatic carbocycles. The number of aromatic nitrogens is 3. The van der Waals surface area contributed by atoms with Crippen LogP contribution in [0.2, 0.25) is 0 Å². The molecule has 2 aromatic rings. The third-order valence-corrected chi connectivity index (χ3v) is 3.24. The molecule has 0 bridgehead atoms. The monoisotopic (exact) mass is 363 g/mol. The van der Waals surface area contributed by atoms with Gasteiger partial charge in [-0.15, -0.1) is 5.10 Å². The molecule has 0 radical (unpaired) electrons. The molecule has 4 nitrogen and oxygen atoms in total. The lowest BCUT2D eigenvalue weighted by molar-refractivity contribution is -0.143. The van der Waals surface area contributed by atoms with Crippen molar-refractivity contribution in [2.24, 2.45) is 0 Å². The summed E-state index contributed by atoms with van der Waals surface area (Å²) in [6.45, 7) is 2.78. The van der Waals surface area contributed by atoms with Crippen molar-refractivity contribution in [2.45, 2.75) is 26.2 Å². The van der Waals surface area contributed by atoms with E-state index in [1.54, 1.807) is 0 Å². The normalized spacial score (nSPS) is 13.2. The summed E-state index contributed by atoms with van der Waals surface area (Å²) in [7, 11) is 0. The third kappa shape index (κ3) is 4.46. The van der Waals surface area contributed by atoms with E-state index < -0.39 is 29.0 Å². The van der Waals surface area contributed by atoms with Crippen molar-refractivity contribution in [3.8, 4) is 11.4 Å². The lowest BCUT2D eigenvalue weighted by atomic mass is 10.0. The van der Waals surface area contributed by atoms with Gasteiger partial charge < -0.3 is 0 Å². The van der Waals surface area contributed by atoms with Gasteiger partial charge in [0.25, 0.3) is 0 Å². The predicted molar refractivity (Wildman–Crippen MR) is 76.1 cm³/mol. The quantitative estimate of drug-likeness (QED) is 0.599. The fourth-order valence-corrected chi connectivity index (χ4v) is 1.84. The minimum Gasteiger partial charge on any atom is -0.295 e. The predicted octanol–water partition coefficient (Wildman–Crippen LogP) is 4.43. The number of nitrogens with zero attached hydrogens (tertiary/aromatic N) is 3. The Morgan fingerprint density at radius 1 is 1.00 bits per heavy atom. The van der Waals surface area contributed by atoms with Gasteiger partial charge >= 0.3 is 12.4 Å². The zero-order valence-corrected chi connectivity index (χ0v) is 12.9. The van der Waals surface area contributed by atoms with Crippen molar-refractivity contribution in [3.63, 3.8) is 0 Å². The van der Waals surface area contributed by atoms with Gasteiger partial charge in [0, 0.05) is 17.3 Å². The Kier molecular flexibility index (Phi) is 4.74. The smallest absolute Gasteiger partial charge is 0.295 e. The number of halogens is 6. The number of hydrogen-bond acceptors (Lipinski definition) is 3. The van der Waals surface area contributed by atoms with Crippen LogP contribution in [0.4, 0.5) is 26.3 Å². The molecule has 0 atom stereocenters. The van der Waals surface area contributed by atoms with Crippen LogP contribution >= 0.6 is 0 Å². The zero-order valence-electron chi connectivity index (χ0n) is 12.9. The molecule has 10 heteroatoms. The van der Waals surface area contributed by atoms with Gasteiger partial charge in [0.1, 0.15) is 6.33 Å². The SMILES string of the molecule is CC(=O)/C(C)=C\n1cnc(-c2cc(C(F)(F)F)cc(C(F)(F)F)c2)n1. The molecule has 0 amide bonds. The largest absolute Gasteiger partial charge is 0.416 e. The van der Waals surface area contributed by atoms with Gasteiger partial charge in [-0.3, -0.25) is 4.79 Å². The number of hydrogen-bond donors (Lipinski definition) is 0. The Balaban J connectivity index is 2.54. The first-order valence-electron chi connectivity index (χ1n) is 6.78. The number of rotatable bonds is 3. The summed E-state index contributed by atoms with van der Waals surface area (Å²) in [6, 6.07) is 1.10. The highest BCUT2D eigenvalue weighted by Crippen LogP contribution is 2.38. The van der Waals surface area contributed by atoms with E-state index >= 15 is 0 Å². The minimum atomic E-state index is -4.95. The number of carbonyl (C=O) groups excluding carboxylic acids is 1. The van der Waals surface area contributed by atoms with Gasteiger partial charge in [0.15, 0.2) is 11.6 Å². The van der Waals surface area contributed by atoms with E-state index in [-0.39, 0.29) is 23.2 Å². The molecule has 0 spiro atoms. The minimum absolute atomic E-state index is 0.0281. The van der Waals surface area contributed by atoms with E-state index in [2.05, 4.69) is 10.1 Å². The van der Waals surface area contributed by atoms with Crippen LogP contribution in [0.25, 0.3) is 17.6 Å². The van der Waals surface area contributed by atoms with Crippen LogP contribution < -0.4 is 0 Å². The van der Waals surface area contributed by atoms with E-state index in [1.165, 1.54) is 20.0 Å². The Hall–Kier alpha value is -2.65. The molecule has 0 aliphatic heterocycles. The number of benzene rings is 1. The van der Waals surface area contributed by atoms with Crippen LogP contribution in [-0.4, -0.2) is 20.5 Å². The van der Waals surface area contributed by atoms with Crippen LogP contribution in [0.1, 0.15) is 25.0 Å². The molecule has 25 heavy (non-hydrogen) atoms. The first-order valence-corrected chi connectivity index (χ1v) is 6.78. The van der Waals surface area contributed by atoms with E-state index in [0.717, 1.165) is 11.0 Å². The van der Waals surface area contributed by atoms with Gasteiger partial charge in [0.05, 0.1) is 11.1 Å². The van der Waals surface area contributed by atoms with Crippen molar-refractivity contribution in [3.05, 3.63) is 41.2 Å². The van der Waals surface area contributed by atoms with Crippen LogP contribution in [0.5, 0.6) is 0 Å². The molecule has 1 aromatic heterocycles. The van der Waals surface area contributed by atoms with Crippen molar-refractivity contribution < 1.29 is 31.1 Å². The number of allylic oxidation sites excluding steroid dienone is 1. The van der Waals surface area contributed by atoms with E-state index in [9.17, 15) is 31.1 Å². The highest BCUT2D eigenvalue weighted by atomic mass is 19.4. The van der Waals surface area contributed by atoms with Gasteiger partial charge in [-0.05, 0) is 32.0 Å².